The van der Waals surface area contributed by atoms with Crippen molar-refractivity contribution < 1.29 is 4.74 Å². The summed E-state index contributed by atoms with van der Waals surface area (Å²) in [5.74, 6) is 0.806. The van der Waals surface area contributed by atoms with Crippen molar-refractivity contribution in [2.45, 2.75) is 6.92 Å². The van der Waals surface area contributed by atoms with Gasteiger partial charge in [0.15, 0.2) is 0 Å². The minimum Gasteiger partial charge on any atom is -0.497 e. The first-order valence-corrected chi connectivity index (χ1v) is 5.85. The van der Waals surface area contributed by atoms with E-state index in [0.29, 0.717) is 11.3 Å². The second-order valence-electron chi connectivity index (χ2n) is 4.22. The van der Waals surface area contributed by atoms with Crippen LogP contribution in [-0.4, -0.2) is 7.11 Å². The largest absolute Gasteiger partial charge is 0.497 e. The molecule has 0 heterocycles. The van der Waals surface area contributed by atoms with Gasteiger partial charge < -0.3 is 15.8 Å². The molecule has 0 aliphatic rings. The number of hydrogen-bond acceptors (Lipinski definition) is 4. The van der Waals surface area contributed by atoms with Crippen LogP contribution in [0.2, 0.25) is 0 Å². The molecule has 0 aliphatic heterocycles. The fraction of sp³-hybridized carbons (Fsp3) is 0.133. The number of anilines is 3. The summed E-state index contributed by atoms with van der Waals surface area (Å²) in [6.45, 7) is 1.98. The first-order chi connectivity index (χ1) is 9.13. The molecule has 0 bridgehead atoms. The quantitative estimate of drug-likeness (QED) is 0.824. The summed E-state index contributed by atoms with van der Waals surface area (Å²) in [4.78, 5) is 0. The molecule has 0 radical (unpaired) electrons. The fourth-order valence-electron chi connectivity index (χ4n) is 1.81. The summed E-state index contributed by atoms with van der Waals surface area (Å²) < 4.78 is 5.16. The normalized spacial score (nSPS) is 9.74. The maximum atomic E-state index is 9.11. The third-order valence-corrected chi connectivity index (χ3v) is 2.87. The summed E-state index contributed by atoms with van der Waals surface area (Å²) in [6, 6.07) is 13.1. The van der Waals surface area contributed by atoms with Crippen LogP contribution in [0.5, 0.6) is 5.75 Å². The highest BCUT2D eigenvalue weighted by molar-refractivity contribution is 5.71. The Bertz CT molecular complexity index is 644. The zero-order chi connectivity index (χ0) is 13.8. The lowest BCUT2D eigenvalue weighted by Crippen LogP contribution is -1.97. The Morgan fingerprint density at radius 3 is 2.53 bits per heavy atom. The van der Waals surface area contributed by atoms with E-state index in [4.69, 9.17) is 15.7 Å². The van der Waals surface area contributed by atoms with Gasteiger partial charge in [-0.2, -0.15) is 5.26 Å². The Morgan fingerprint density at radius 1 is 1.16 bits per heavy atom. The Kier molecular flexibility index (Phi) is 3.58. The number of nitrogen functional groups attached to an aromatic ring is 1. The molecule has 2 aromatic carbocycles. The van der Waals surface area contributed by atoms with Crippen molar-refractivity contribution in [1.82, 2.24) is 0 Å². The maximum absolute atomic E-state index is 9.11. The number of nitrogens with one attached hydrogen (secondary N) is 1. The number of nitrogens with zero attached hydrogens (tertiary/aromatic N) is 1. The fourth-order valence-corrected chi connectivity index (χ4v) is 1.81. The molecule has 0 saturated heterocycles. The Labute approximate surface area is 112 Å². The van der Waals surface area contributed by atoms with E-state index in [2.05, 4.69) is 11.4 Å². The number of nitrogens with two attached hydrogens (primary N) is 1. The number of benzene rings is 2. The summed E-state index contributed by atoms with van der Waals surface area (Å²) in [7, 11) is 1.63. The van der Waals surface area contributed by atoms with Crippen LogP contribution in [0, 0.1) is 18.3 Å². The van der Waals surface area contributed by atoms with Crippen LogP contribution in [0.1, 0.15) is 11.1 Å². The van der Waals surface area contributed by atoms with Gasteiger partial charge in [-0.3, -0.25) is 0 Å². The molecular formula is C15H15N3O. The summed E-state index contributed by atoms with van der Waals surface area (Å²) in [6.07, 6.45) is 0. The van der Waals surface area contributed by atoms with Gasteiger partial charge in [-0.05, 0) is 48.9 Å². The van der Waals surface area contributed by atoms with E-state index in [1.165, 1.54) is 0 Å². The van der Waals surface area contributed by atoms with Gasteiger partial charge >= 0.3 is 0 Å². The maximum Gasteiger partial charge on any atom is 0.119 e. The van der Waals surface area contributed by atoms with Crippen LogP contribution in [0.25, 0.3) is 0 Å². The van der Waals surface area contributed by atoms with Crippen LogP contribution in [0.4, 0.5) is 17.1 Å². The van der Waals surface area contributed by atoms with E-state index in [1.807, 2.05) is 25.1 Å². The lowest BCUT2D eigenvalue weighted by molar-refractivity contribution is 0.414. The van der Waals surface area contributed by atoms with Crippen LogP contribution in [0.3, 0.4) is 0 Å². The van der Waals surface area contributed by atoms with E-state index < -0.39 is 0 Å². The van der Waals surface area contributed by atoms with Crippen LogP contribution >= 0.6 is 0 Å². The van der Waals surface area contributed by atoms with Gasteiger partial charge in [-0.1, -0.05) is 0 Å². The molecule has 3 N–H and O–H groups in total. The minimum atomic E-state index is 0.523. The molecule has 0 fully saturated rings. The molecule has 0 aliphatic carbocycles. The van der Waals surface area contributed by atoms with Crippen molar-refractivity contribution in [2.24, 2.45) is 0 Å². The number of nitriles is 1. The van der Waals surface area contributed by atoms with Crippen molar-refractivity contribution in [3.8, 4) is 11.8 Å². The van der Waals surface area contributed by atoms with E-state index in [0.717, 1.165) is 22.7 Å². The first-order valence-electron chi connectivity index (χ1n) is 5.85. The SMILES string of the molecule is COc1ccc(Nc2ccc(N)cc2C#N)c(C)c1. The Hall–Kier alpha value is -2.67. The van der Waals surface area contributed by atoms with Gasteiger partial charge in [0.1, 0.15) is 11.8 Å². The summed E-state index contributed by atoms with van der Waals surface area (Å²) in [5.41, 5.74) is 9.48. The van der Waals surface area contributed by atoms with Crippen LogP contribution < -0.4 is 15.8 Å². The molecule has 4 nitrogen and oxygen atoms in total. The highest BCUT2D eigenvalue weighted by Gasteiger charge is 2.05. The van der Waals surface area contributed by atoms with E-state index in [-0.39, 0.29) is 0 Å². The molecule has 0 saturated carbocycles. The molecule has 2 aromatic rings. The Balaban J connectivity index is 2.34. The predicted molar refractivity (Wildman–Crippen MR) is 76.6 cm³/mol. The van der Waals surface area contributed by atoms with Crippen molar-refractivity contribution in [2.75, 3.05) is 18.2 Å². The van der Waals surface area contributed by atoms with Crippen molar-refractivity contribution in [1.29, 1.82) is 5.26 Å². The minimum absolute atomic E-state index is 0.523. The topological polar surface area (TPSA) is 71.1 Å². The smallest absolute Gasteiger partial charge is 0.119 e. The molecule has 0 unspecified atom stereocenters. The average molecular weight is 253 g/mol. The number of rotatable bonds is 3. The molecule has 2 rings (SSSR count). The summed E-state index contributed by atoms with van der Waals surface area (Å²) in [5, 5.41) is 12.3. The van der Waals surface area contributed by atoms with E-state index >= 15 is 0 Å². The van der Waals surface area contributed by atoms with Gasteiger partial charge in [0.25, 0.3) is 0 Å². The molecule has 0 amide bonds. The first kappa shape index (κ1) is 12.8. The van der Waals surface area contributed by atoms with Gasteiger partial charge in [-0.15, -0.1) is 0 Å². The third kappa shape index (κ3) is 2.78. The number of aryl methyl sites for hydroxylation is 1. The van der Waals surface area contributed by atoms with Crippen molar-refractivity contribution in [3.05, 3.63) is 47.5 Å². The molecule has 0 aromatic heterocycles. The van der Waals surface area contributed by atoms with E-state index in [1.54, 1.807) is 25.3 Å². The summed E-state index contributed by atoms with van der Waals surface area (Å²) >= 11 is 0. The van der Waals surface area contributed by atoms with Gasteiger partial charge in [-0.25, -0.2) is 0 Å². The molecule has 0 spiro atoms. The van der Waals surface area contributed by atoms with Crippen LogP contribution in [-0.2, 0) is 0 Å². The van der Waals surface area contributed by atoms with Gasteiger partial charge in [0.05, 0.1) is 18.4 Å². The van der Waals surface area contributed by atoms with Crippen LogP contribution in [0.15, 0.2) is 36.4 Å². The highest BCUT2D eigenvalue weighted by Crippen LogP contribution is 2.27. The lowest BCUT2D eigenvalue weighted by atomic mass is 10.1. The standard InChI is InChI=1S/C15H15N3O/c1-10-7-13(19-2)4-6-14(10)18-15-5-3-12(17)8-11(15)9-16/h3-8,18H,17H2,1-2H3. The number of hydrogen-bond donors (Lipinski definition) is 2. The second-order valence-corrected chi connectivity index (χ2v) is 4.22. The third-order valence-electron chi connectivity index (χ3n) is 2.87. The van der Waals surface area contributed by atoms with E-state index in [9.17, 15) is 0 Å². The zero-order valence-corrected chi connectivity index (χ0v) is 10.9. The van der Waals surface area contributed by atoms with Gasteiger partial charge in [0, 0.05) is 11.4 Å². The monoisotopic (exact) mass is 253 g/mol. The second kappa shape index (κ2) is 5.32. The molecule has 0 atom stereocenters. The predicted octanol–water partition coefficient (Wildman–Crippen LogP) is 3.20. The molecule has 4 heteroatoms. The lowest BCUT2D eigenvalue weighted by Gasteiger charge is -2.12. The van der Waals surface area contributed by atoms with Gasteiger partial charge in [0.2, 0.25) is 0 Å². The van der Waals surface area contributed by atoms with Crippen molar-refractivity contribution >= 4 is 17.1 Å². The molecule has 19 heavy (non-hydrogen) atoms. The number of ether oxygens (including phenoxy) is 1. The van der Waals surface area contributed by atoms with Crippen molar-refractivity contribution in [3.63, 3.8) is 0 Å². The molecular weight excluding hydrogens is 238 g/mol. The zero-order valence-electron chi connectivity index (χ0n) is 10.9. The Morgan fingerprint density at radius 2 is 1.89 bits per heavy atom. The highest BCUT2D eigenvalue weighted by atomic mass is 16.5. The number of methoxy groups -OCH3 is 1. The molecule has 96 valence electrons. The average Bonchev–Trinajstić information content (AvgIpc) is 2.42.